The molecule has 0 heterocycles. The molecule has 0 saturated heterocycles. The minimum atomic E-state index is -4.24. The lowest BCUT2D eigenvalue weighted by Crippen LogP contribution is -2.43. The van der Waals surface area contributed by atoms with E-state index in [1.165, 1.54) is 6.07 Å². The van der Waals surface area contributed by atoms with Crippen molar-refractivity contribution in [2.24, 2.45) is 11.8 Å². The molecule has 0 radical (unpaired) electrons. The first-order valence-electron chi connectivity index (χ1n) is 6.31. The summed E-state index contributed by atoms with van der Waals surface area (Å²) in [5.74, 6) is 1.18. The van der Waals surface area contributed by atoms with E-state index in [-0.39, 0.29) is 22.7 Å². The topological polar surface area (TPSA) is 12.0 Å². The van der Waals surface area contributed by atoms with E-state index < -0.39 is 5.51 Å². The molecule has 2 aliphatic carbocycles. The fraction of sp³-hybridized carbons (Fsp3) is 0.429. The number of para-hydroxylation sites is 1. The number of allylic oxidation sites excluding steroid dienone is 1. The molecule has 1 fully saturated rings. The van der Waals surface area contributed by atoms with Crippen molar-refractivity contribution in [3.8, 4) is 0 Å². The Kier molecular flexibility index (Phi) is 3.25. The van der Waals surface area contributed by atoms with Crippen molar-refractivity contribution < 1.29 is 13.2 Å². The lowest BCUT2D eigenvalue weighted by molar-refractivity contribution is -0.0328. The Morgan fingerprint density at radius 2 is 2.00 bits per heavy atom. The number of benzene rings is 1. The molecule has 102 valence electrons. The lowest BCUT2D eigenvalue weighted by Gasteiger charge is -2.41. The normalized spacial score (nSPS) is 28.9. The Bertz CT molecular complexity index is 498. The fourth-order valence-corrected chi connectivity index (χ4v) is 3.52. The van der Waals surface area contributed by atoms with E-state index in [0.29, 0.717) is 17.5 Å². The van der Waals surface area contributed by atoms with Crippen LogP contribution in [0.15, 0.2) is 41.3 Å². The SMILES string of the molecule is FC(F)(F)Sc1ccccc1NC1CC2CC=CC21. The smallest absolute Gasteiger partial charge is 0.381 e. The van der Waals surface area contributed by atoms with Crippen LogP contribution in [0.2, 0.25) is 0 Å². The van der Waals surface area contributed by atoms with Crippen LogP contribution in [0, 0.1) is 11.8 Å². The summed E-state index contributed by atoms with van der Waals surface area (Å²) in [6.07, 6.45) is 6.52. The zero-order valence-electron chi connectivity index (χ0n) is 10.2. The second kappa shape index (κ2) is 4.78. The van der Waals surface area contributed by atoms with Crippen LogP contribution in [0.5, 0.6) is 0 Å². The highest BCUT2D eigenvalue weighted by molar-refractivity contribution is 8.00. The summed E-state index contributed by atoms with van der Waals surface area (Å²) < 4.78 is 37.5. The molecule has 2 aliphatic rings. The molecule has 1 nitrogen and oxygen atoms in total. The average molecular weight is 285 g/mol. The van der Waals surface area contributed by atoms with Gasteiger partial charge in [-0.2, -0.15) is 13.2 Å². The average Bonchev–Trinajstić information content (AvgIpc) is 2.67. The Morgan fingerprint density at radius 3 is 2.74 bits per heavy atom. The summed E-state index contributed by atoms with van der Waals surface area (Å²) in [5.41, 5.74) is -3.65. The first kappa shape index (κ1) is 12.9. The van der Waals surface area contributed by atoms with Crippen molar-refractivity contribution in [3.63, 3.8) is 0 Å². The minimum Gasteiger partial charge on any atom is -0.381 e. The molecule has 0 aliphatic heterocycles. The number of alkyl halides is 3. The van der Waals surface area contributed by atoms with Crippen LogP contribution in [0.3, 0.4) is 0 Å². The van der Waals surface area contributed by atoms with Crippen LogP contribution in [0.4, 0.5) is 18.9 Å². The molecule has 3 atom stereocenters. The maximum absolute atomic E-state index is 12.5. The van der Waals surface area contributed by atoms with Crippen molar-refractivity contribution in [1.82, 2.24) is 0 Å². The Balaban J connectivity index is 1.72. The number of hydrogen-bond acceptors (Lipinski definition) is 2. The van der Waals surface area contributed by atoms with Gasteiger partial charge >= 0.3 is 5.51 Å². The van der Waals surface area contributed by atoms with Crippen LogP contribution < -0.4 is 5.32 Å². The number of fused-ring (bicyclic) bond motifs is 1. The summed E-state index contributed by atoms with van der Waals surface area (Å²) in [5, 5.41) is 3.27. The zero-order valence-corrected chi connectivity index (χ0v) is 11.0. The molecule has 1 aromatic rings. The molecular weight excluding hydrogens is 271 g/mol. The fourth-order valence-electron chi connectivity index (χ4n) is 2.88. The number of rotatable bonds is 3. The number of hydrogen-bond donors (Lipinski definition) is 1. The van der Waals surface area contributed by atoms with Crippen molar-refractivity contribution >= 4 is 17.4 Å². The number of nitrogens with one attached hydrogen (secondary N) is 1. The van der Waals surface area contributed by atoms with Gasteiger partial charge in [-0.25, -0.2) is 0 Å². The summed E-state index contributed by atoms with van der Waals surface area (Å²) in [7, 11) is 0. The highest BCUT2D eigenvalue weighted by Crippen LogP contribution is 2.46. The van der Waals surface area contributed by atoms with Gasteiger partial charge in [0.1, 0.15) is 0 Å². The van der Waals surface area contributed by atoms with Gasteiger partial charge in [0.15, 0.2) is 0 Å². The maximum atomic E-state index is 12.5. The first-order chi connectivity index (χ1) is 9.03. The molecule has 3 rings (SSSR count). The van der Waals surface area contributed by atoms with Gasteiger partial charge in [-0.15, -0.1) is 0 Å². The third-order valence-corrected chi connectivity index (χ3v) is 4.62. The predicted molar refractivity (Wildman–Crippen MR) is 71.1 cm³/mol. The van der Waals surface area contributed by atoms with Crippen molar-refractivity contribution in [3.05, 3.63) is 36.4 Å². The molecule has 0 amide bonds. The third-order valence-electron chi connectivity index (χ3n) is 3.82. The van der Waals surface area contributed by atoms with Crippen LogP contribution in [-0.2, 0) is 0 Å². The van der Waals surface area contributed by atoms with Gasteiger partial charge in [-0.05, 0) is 42.7 Å². The van der Waals surface area contributed by atoms with E-state index in [9.17, 15) is 13.2 Å². The molecule has 5 heteroatoms. The van der Waals surface area contributed by atoms with Gasteiger partial charge in [-0.3, -0.25) is 0 Å². The van der Waals surface area contributed by atoms with Crippen LogP contribution in [-0.4, -0.2) is 11.6 Å². The van der Waals surface area contributed by atoms with E-state index in [2.05, 4.69) is 17.5 Å². The summed E-state index contributed by atoms with van der Waals surface area (Å²) >= 11 is -0.0513. The van der Waals surface area contributed by atoms with E-state index in [1.807, 2.05) is 0 Å². The largest absolute Gasteiger partial charge is 0.446 e. The van der Waals surface area contributed by atoms with Crippen molar-refractivity contribution in [2.45, 2.75) is 29.3 Å². The van der Waals surface area contributed by atoms with Gasteiger partial charge in [0.2, 0.25) is 0 Å². The number of anilines is 1. The highest BCUT2D eigenvalue weighted by atomic mass is 32.2. The summed E-state index contributed by atoms with van der Waals surface area (Å²) in [6, 6.07) is 6.92. The van der Waals surface area contributed by atoms with Crippen molar-refractivity contribution in [1.29, 1.82) is 0 Å². The van der Waals surface area contributed by atoms with Gasteiger partial charge in [0.25, 0.3) is 0 Å². The molecule has 3 unspecified atom stereocenters. The summed E-state index contributed by atoms with van der Waals surface area (Å²) in [6.45, 7) is 0. The maximum Gasteiger partial charge on any atom is 0.446 e. The van der Waals surface area contributed by atoms with Gasteiger partial charge in [0.05, 0.1) is 0 Å². The number of halogens is 3. The quantitative estimate of drug-likeness (QED) is 0.639. The molecule has 0 aromatic heterocycles. The predicted octanol–water partition coefficient (Wildman–Crippen LogP) is 4.68. The molecule has 1 N–H and O–H groups in total. The molecule has 19 heavy (non-hydrogen) atoms. The number of thioether (sulfide) groups is 1. The highest BCUT2D eigenvalue weighted by Gasteiger charge is 2.41. The van der Waals surface area contributed by atoms with E-state index in [4.69, 9.17) is 0 Å². The second-order valence-electron chi connectivity index (χ2n) is 5.03. The van der Waals surface area contributed by atoms with Crippen molar-refractivity contribution in [2.75, 3.05) is 5.32 Å². The minimum absolute atomic E-state index is 0.0513. The summed E-state index contributed by atoms with van der Waals surface area (Å²) in [4.78, 5) is 0.250. The molecular formula is C14H14F3NS. The monoisotopic (exact) mass is 285 g/mol. The molecule has 0 spiro atoms. The molecule has 0 bridgehead atoms. The Labute approximate surface area is 114 Å². The second-order valence-corrected chi connectivity index (χ2v) is 6.14. The van der Waals surface area contributed by atoms with Crippen LogP contribution in [0.25, 0.3) is 0 Å². The van der Waals surface area contributed by atoms with E-state index in [0.717, 1.165) is 12.8 Å². The standard InChI is InChI=1S/C14H14F3NS/c15-14(16,17)19-13-7-2-1-6-11(13)18-12-8-9-4-3-5-10(9)12/h1-3,5-7,9-10,12,18H,4,8H2. The van der Waals surface area contributed by atoms with Gasteiger partial charge in [0, 0.05) is 22.5 Å². The van der Waals surface area contributed by atoms with E-state index >= 15 is 0 Å². The Morgan fingerprint density at radius 1 is 1.21 bits per heavy atom. The zero-order chi connectivity index (χ0) is 13.5. The molecule has 1 aromatic carbocycles. The van der Waals surface area contributed by atoms with Crippen LogP contribution in [0.1, 0.15) is 12.8 Å². The van der Waals surface area contributed by atoms with Gasteiger partial charge < -0.3 is 5.32 Å². The first-order valence-corrected chi connectivity index (χ1v) is 7.12. The molecule has 1 saturated carbocycles. The lowest BCUT2D eigenvalue weighted by atomic mass is 9.71. The van der Waals surface area contributed by atoms with Gasteiger partial charge in [-0.1, -0.05) is 24.3 Å². The Hall–Kier alpha value is -1.10. The van der Waals surface area contributed by atoms with Crippen LogP contribution >= 0.6 is 11.8 Å². The third kappa shape index (κ3) is 2.76. The van der Waals surface area contributed by atoms with E-state index in [1.54, 1.807) is 18.2 Å².